The minimum atomic E-state index is -2.23. The molecule has 0 bridgehead atoms. The van der Waals surface area contributed by atoms with Crippen LogP contribution >= 0.6 is 15.9 Å². The van der Waals surface area contributed by atoms with E-state index in [4.69, 9.17) is 0 Å². The van der Waals surface area contributed by atoms with Gasteiger partial charge in [-0.15, -0.1) is 0 Å². The summed E-state index contributed by atoms with van der Waals surface area (Å²) in [6.07, 6.45) is -2.23. The molecule has 0 aliphatic rings. The van der Waals surface area contributed by atoms with E-state index in [1.807, 2.05) is 19.0 Å². The molecule has 0 spiro atoms. The molecule has 0 aliphatic carbocycles. The molecular weight excluding hydrogens is 242 g/mol. The van der Waals surface area contributed by atoms with E-state index >= 15 is 0 Å². The monoisotopic (exact) mass is 258 g/mol. The quantitative estimate of drug-likeness (QED) is 0.639. The van der Waals surface area contributed by atoms with Gasteiger partial charge in [-0.25, -0.2) is 8.78 Å². The average Bonchev–Trinajstić information content (AvgIpc) is 1.99. The van der Waals surface area contributed by atoms with Gasteiger partial charge < -0.3 is 4.90 Å². The number of alkyl halides is 3. The summed E-state index contributed by atoms with van der Waals surface area (Å²) in [6.45, 7) is 2.07. The topological polar surface area (TPSA) is 6.48 Å². The molecule has 0 aromatic rings. The van der Waals surface area contributed by atoms with E-state index < -0.39 is 6.43 Å². The Morgan fingerprint density at radius 3 is 2.15 bits per heavy atom. The fourth-order valence-electron chi connectivity index (χ4n) is 0.951. The van der Waals surface area contributed by atoms with Crippen LogP contribution in [0.3, 0.4) is 0 Å². The van der Waals surface area contributed by atoms with Crippen LogP contribution in [-0.4, -0.2) is 61.8 Å². The lowest BCUT2D eigenvalue weighted by Crippen LogP contribution is -2.36. The fourth-order valence-corrected chi connectivity index (χ4v) is 1.45. The van der Waals surface area contributed by atoms with Gasteiger partial charge in [0.2, 0.25) is 0 Å². The number of likely N-dealkylation sites (N-methyl/N-ethyl adjacent to an activating group) is 1. The number of hydrogen-bond donors (Lipinski definition) is 0. The fraction of sp³-hybridized carbons (Fsp3) is 1.00. The van der Waals surface area contributed by atoms with Gasteiger partial charge in [-0.1, -0.05) is 15.9 Å². The predicted molar refractivity (Wildman–Crippen MR) is 54.8 cm³/mol. The van der Waals surface area contributed by atoms with Crippen molar-refractivity contribution < 1.29 is 8.78 Å². The largest absolute Gasteiger partial charge is 0.308 e. The van der Waals surface area contributed by atoms with Crippen LogP contribution in [0.5, 0.6) is 0 Å². The Hall–Kier alpha value is 0.260. The summed E-state index contributed by atoms with van der Waals surface area (Å²) >= 11 is 3.25. The molecule has 0 unspecified atom stereocenters. The van der Waals surface area contributed by atoms with Crippen molar-refractivity contribution in [2.75, 3.05) is 45.6 Å². The highest BCUT2D eigenvalue weighted by atomic mass is 79.9. The standard InChI is InChI=1S/C8H17BrF2N2/c1-12(2)5-6-13(4-3-9)7-8(10)11/h8H,3-7H2,1-2H3. The van der Waals surface area contributed by atoms with E-state index in [9.17, 15) is 8.78 Å². The zero-order valence-electron chi connectivity index (χ0n) is 8.14. The maximum atomic E-state index is 12.1. The average molecular weight is 259 g/mol. The van der Waals surface area contributed by atoms with Crippen LogP contribution in [0, 0.1) is 0 Å². The van der Waals surface area contributed by atoms with Crippen molar-refractivity contribution in [2.24, 2.45) is 0 Å². The summed E-state index contributed by atoms with van der Waals surface area (Å²) in [5, 5.41) is 0.743. The molecule has 0 saturated heterocycles. The van der Waals surface area contributed by atoms with Gasteiger partial charge in [0, 0.05) is 25.0 Å². The number of hydrogen-bond acceptors (Lipinski definition) is 2. The number of nitrogens with zero attached hydrogens (tertiary/aromatic N) is 2. The highest BCUT2D eigenvalue weighted by molar-refractivity contribution is 9.09. The van der Waals surface area contributed by atoms with Crippen molar-refractivity contribution in [3.63, 3.8) is 0 Å². The summed E-state index contributed by atoms with van der Waals surface area (Å²) in [7, 11) is 3.88. The minimum absolute atomic E-state index is 0.126. The van der Waals surface area contributed by atoms with E-state index in [1.54, 1.807) is 4.90 Å². The van der Waals surface area contributed by atoms with Gasteiger partial charge in [0.1, 0.15) is 0 Å². The first kappa shape index (κ1) is 13.3. The van der Waals surface area contributed by atoms with Gasteiger partial charge in [-0.2, -0.15) is 0 Å². The molecular formula is C8H17BrF2N2. The Morgan fingerprint density at radius 1 is 1.15 bits per heavy atom. The Morgan fingerprint density at radius 2 is 1.77 bits per heavy atom. The van der Waals surface area contributed by atoms with E-state index in [0.717, 1.165) is 11.9 Å². The van der Waals surface area contributed by atoms with Crippen LogP contribution in [-0.2, 0) is 0 Å². The van der Waals surface area contributed by atoms with Crippen molar-refractivity contribution in [1.82, 2.24) is 9.80 Å². The molecule has 0 radical (unpaired) electrons. The highest BCUT2D eigenvalue weighted by Crippen LogP contribution is 1.99. The van der Waals surface area contributed by atoms with Crippen LogP contribution in [0.15, 0.2) is 0 Å². The zero-order chi connectivity index (χ0) is 10.3. The molecule has 0 fully saturated rings. The van der Waals surface area contributed by atoms with Crippen molar-refractivity contribution in [1.29, 1.82) is 0 Å². The third kappa shape index (κ3) is 8.59. The Labute approximate surface area is 87.0 Å². The molecule has 0 heterocycles. The predicted octanol–water partition coefficient (Wildman–Crippen LogP) is 1.51. The lowest BCUT2D eigenvalue weighted by atomic mass is 10.4. The molecule has 0 N–H and O–H groups in total. The molecule has 0 aromatic carbocycles. The van der Waals surface area contributed by atoms with Crippen molar-refractivity contribution in [3.8, 4) is 0 Å². The first-order valence-electron chi connectivity index (χ1n) is 4.27. The second kappa shape index (κ2) is 7.64. The number of halogens is 3. The molecule has 80 valence electrons. The lowest BCUT2D eigenvalue weighted by molar-refractivity contribution is 0.0881. The molecule has 0 aliphatic heterocycles. The van der Waals surface area contributed by atoms with Crippen molar-refractivity contribution >= 4 is 15.9 Å². The van der Waals surface area contributed by atoms with Crippen LogP contribution in [0.25, 0.3) is 0 Å². The molecule has 0 amide bonds. The lowest BCUT2D eigenvalue weighted by Gasteiger charge is -2.22. The Kier molecular flexibility index (Phi) is 7.80. The van der Waals surface area contributed by atoms with Crippen molar-refractivity contribution in [2.45, 2.75) is 6.43 Å². The Balaban J connectivity index is 3.66. The molecule has 13 heavy (non-hydrogen) atoms. The molecule has 0 aromatic heterocycles. The number of rotatable bonds is 7. The second-order valence-electron chi connectivity index (χ2n) is 3.18. The molecule has 5 heteroatoms. The maximum absolute atomic E-state index is 12.1. The summed E-state index contributed by atoms with van der Waals surface area (Å²) < 4.78 is 24.1. The third-order valence-corrected chi connectivity index (χ3v) is 2.02. The second-order valence-corrected chi connectivity index (χ2v) is 3.98. The van der Waals surface area contributed by atoms with E-state index in [1.165, 1.54) is 0 Å². The first-order chi connectivity index (χ1) is 6.06. The maximum Gasteiger partial charge on any atom is 0.251 e. The SMILES string of the molecule is CN(C)CCN(CCBr)CC(F)F. The van der Waals surface area contributed by atoms with E-state index in [2.05, 4.69) is 15.9 Å². The molecule has 0 saturated carbocycles. The summed E-state index contributed by atoms with van der Waals surface area (Å²) in [5.41, 5.74) is 0. The van der Waals surface area contributed by atoms with Gasteiger partial charge in [0.25, 0.3) is 6.43 Å². The Bertz CT molecular complexity index is 123. The van der Waals surface area contributed by atoms with Crippen LogP contribution < -0.4 is 0 Å². The highest BCUT2D eigenvalue weighted by Gasteiger charge is 2.10. The van der Waals surface area contributed by atoms with Crippen LogP contribution in [0.2, 0.25) is 0 Å². The molecule has 0 rings (SSSR count). The van der Waals surface area contributed by atoms with Gasteiger partial charge in [0.15, 0.2) is 0 Å². The van der Waals surface area contributed by atoms with Crippen molar-refractivity contribution in [3.05, 3.63) is 0 Å². The smallest absolute Gasteiger partial charge is 0.251 e. The zero-order valence-corrected chi connectivity index (χ0v) is 9.73. The molecule has 0 atom stereocenters. The van der Waals surface area contributed by atoms with Gasteiger partial charge >= 0.3 is 0 Å². The van der Waals surface area contributed by atoms with Gasteiger partial charge in [0.05, 0.1) is 6.54 Å². The normalized spacial score (nSPS) is 12.0. The molecule has 2 nitrogen and oxygen atoms in total. The third-order valence-electron chi connectivity index (χ3n) is 1.66. The van der Waals surface area contributed by atoms with Gasteiger partial charge in [-0.05, 0) is 14.1 Å². The van der Waals surface area contributed by atoms with Crippen LogP contribution in [0.1, 0.15) is 0 Å². The minimum Gasteiger partial charge on any atom is -0.308 e. The summed E-state index contributed by atoms with van der Waals surface area (Å²) in [6, 6.07) is 0. The summed E-state index contributed by atoms with van der Waals surface area (Å²) in [5.74, 6) is 0. The van der Waals surface area contributed by atoms with E-state index in [0.29, 0.717) is 13.1 Å². The first-order valence-corrected chi connectivity index (χ1v) is 5.39. The van der Waals surface area contributed by atoms with Gasteiger partial charge in [-0.3, -0.25) is 4.90 Å². The summed E-state index contributed by atoms with van der Waals surface area (Å²) in [4.78, 5) is 3.76. The van der Waals surface area contributed by atoms with Crippen LogP contribution in [0.4, 0.5) is 8.78 Å². The van der Waals surface area contributed by atoms with E-state index in [-0.39, 0.29) is 6.54 Å².